The average molecular weight is 1630 g/mol. The van der Waals surface area contributed by atoms with Crippen molar-refractivity contribution >= 4 is 193 Å². The largest absolute Gasteiger partial charge is 0.354 e. The van der Waals surface area contributed by atoms with Gasteiger partial charge in [-0.15, -0.1) is 0 Å². The number of H-pyrrole nitrogens is 4. The maximum absolute atomic E-state index is 5.25. The molecule has 0 saturated carbocycles. The summed E-state index contributed by atoms with van der Waals surface area (Å²) in [4.78, 5) is 14.2. The van der Waals surface area contributed by atoms with Crippen molar-refractivity contribution in [2.45, 2.75) is 0 Å². The van der Waals surface area contributed by atoms with Crippen LogP contribution >= 0.6 is 31.9 Å². The van der Waals surface area contributed by atoms with Crippen molar-refractivity contribution in [2.24, 2.45) is 0 Å². The van der Waals surface area contributed by atoms with Gasteiger partial charge in [0, 0.05) is 169 Å². The molecule has 100 heavy (non-hydrogen) atoms. The van der Waals surface area contributed by atoms with Gasteiger partial charge in [0.1, 0.15) is 0 Å². The summed E-state index contributed by atoms with van der Waals surface area (Å²) in [7, 11) is 3.75. The molecule has 0 spiro atoms. The van der Waals surface area contributed by atoms with E-state index in [1.54, 1.807) is 0 Å². The van der Waals surface area contributed by atoms with E-state index in [-0.39, 0.29) is 31.1 Å². The number of benzene rings is 17. The van der Waals surface area contributed by atoms with Crippen molar-refractivity contribution in [3.05, 3.63) is 324 Å². The van der Waals surface area contributed by atoms with Gasteiger partial charge in [0.2, 0.25) is 0 Å². The molecule has 6 heterocycles. The van der Waals surface area contributed by atoms with E-state index in [4.69, 9.17) is 1.34 Å². The normalized spacial score (nSPS) is 11.8. The maximum atomic E-state index is 5.25. The Morgan fingerprint density at radius 3 is 0.960 bits per heavy atom. The third-order valence-electron chi connectivity index (χ3n) is 20.3. The Morgan fingerprint density at radius 1 is 0.220 bits per heavy atom. The van der Waals surface area contributed by atoms with Gasteiger partial charge in [0.25, 0.3) is 0 Å². The zero-order chi connectivity index (χ0) is 66.7. The van der Waals surface area contributed by atoms with E-state index in [0.29, 0.717) is 0 Å². The predicted octanol–water partition coefficient (Wildman–Crippen LogP) is 25.4. The summed E-state index contributed by atoms with van der Waals surface area (Å²) in [6, 6.07) is 113. The van der Waals surface area contributed by atoms with E-state index in [0.717, 1.165) is 14.5 Å². The second kappa shape index (κ2) is 24.6. The van der Waals surface area contributed by atoms with E-state index >= 15 is 0 Å². The number of aromatic nitrogens is 6. The van der Waals surface area contributed by atoms with Crippen LogP contribution in [0.1, 0.15) is 0 Å². The molecule has 0 bridgehead atoms. The van der Waals surface area contributed by atoms with Crippen LogP contribution in [0.3, 0.4) is 0 Å². The molecule has 0 amide bonds. The van der Waals surface area contributed by atoms with E-state index in [9.17, 15) is 0 Å². The summed E-state index contributed by atoms with van der Waals surface area (Å²) < 4.78 is 12.4. The Kier molecular flexibility index (Phi) is 14.8. The number of hydrogen-bond donors (Lipinski definition) is 4. The van der Waals surface area contributed by atoms with Crippen LogP contribution in [0.5, 0.6) is 0 Å². The van der Waals surface area contributed by atoms with Gasteiger partial charge in [0.05, 0.1) is 22.1 Å². The molecule has 0 fully saturated rings. The van der Waals surface area contributed by atoms with Crippen LogP contribution < -0.4 is 0 Å². The average Bonchev–Trinajstić information content (AvgIpc) is 1.53. The molecule has 23 aromatic rings. The molecule has 10 heteroatoms. The van der Waals surface area contributed by atoms with Crippen LogP contribution in [0.4, 0.5) is 0 Å². The molecular weight excluding hydrogens is 1570 g/mol. The number of nitrogens with one attached hydrogen (secondary N) is 4. The Hall–Kier alpha value is -10.8. The fourth-order valence-corrected chi connectivity index (χ4v) is 16.9. The minimum atomic E-state index is 0. The SMILES string of the molecule is Brc1ccc(-c2ccccc2)cc1.Brc1cccc2[nH]c3ccc4[nH]c5ccccc5c4c3c12.[2H][B].[U].c1cc2[nH]c3ccc4[nH]c5cccc6c(c1)c2c3c4c56.c1ccc(-c2ccc(-n3c4cccc5c6cccc7c6c6c(c54)c3ccc6n7-c3ccc(-c4ccccc4)cc3)cc2)cc1. The zero-order valence-corrected chi connectivity index (χ0v) is 61.1. The minimum Gasteiger partial charge on any atom is -0.354 e. The van der Waals surface area contributed by atoms with Gasteiger partial charge >= 0.3 is 0 Å². The molecule has 23 rings (SSSR count). The second-order valence-corrected chi connectivity index (χ2v) is 27.4. The molecule has 4 N–H and O–H groups in total. The topological polar surface area (TPSA) is 73.0 Å². The van der Waals surface area contributed by atoms with Crippen molar-refractivity contribution in [2.75, 3.05) is 0 Å². The van der Waals surface area contributed by atoms with Crippen LogP contribution in [0, 0.1) is 31.1 Å². The van der Waals surface area contributed by atoms with Crippen LogP contribution in [0.25, 0.3) is 197 Å². The fourth-order valence-electron chi connectivity index (χ4n) is 16.1. The number of fused-ring (bicyclic) bond motifs is 9. The fraction of sp³-hybridized carbons (Fsp3) is 0. The molecule has 0 aliphatic rings. The number of halogens is 2. The predicted molar refractivity (Wildman–Crippen MR) is 431 cm³/mol. The number of nitrogens with zero attached hydrogens (tertiary/aromatic N) is 2. The van der Waals surface area contributed by atoms with Crippen molar-refractivity contribution in [3.63, 3.8) is 0 Å². The smallest absolute Gasteiger partial charge is 0.0549 e. The first kappa shape index (κ1) is 60.4. The first-order valence-corrected chi connectivity index (χ1v) is 34.8. The first-order chi connectivity index (χ1) is 49.5. The van der Waals surface area contributed by atoms with Crippen molar-refractivity contribution in [1.82, 2.24) is 29.1 Å². The number of hydrogen-bond acceptors (Lipinski definition) is 0. The minimum absolute atomic E-state index is 0. The molecule has 6 aromatic heterocycles. The zero-order valence-electron chi connectivity index (χ0n) is 54.7. The quantitative estimate of drug-likeness (QED) is 0.0980. The third-order valence-corrected chi connectivity index (χ3v) is 21.5. The number of rotatable bonds is 5. The Bertz CT molecular complexity index is 6630. The van der Waals surface area contributed by atoms with E-state index in [1.807, 2.05) is 6.07 Å². The van der Waals surface area contributed by atoms with Crippen LogP contribution in [0.2, 0.25) is 0 Å². The first-order valence-electron chi connectivity index (χ1n) is 33.8. The third kappa shape index (κ3) is 9.64. The number of para-hydroxylation sites is 1. The van der Waals surface area contributed by atoms with Crippen molar-refractivity contribution in [3.8, 4) is 44.8 Å². The summed E-state index contributed by atoms with van der Waals surface area (Å²) in [5.41, 5.74) is 24.4. The van der Waals surface area contributed by atoms with Crippen LogP contribution in [-0.2, 0) is 0 Å². The molecule has 0 aliphatic heterocycles. The van der Waals surface area contributed by atoms with Gasteiger partial charge in [-0.1, -0.05) is 232 Å². The number of aromatic amines is 4. The molecule has 6 nitrogen and oxygen atoms in total. The summed E-state index contributed by atoms with van der Waals surface area (Å²) in [5, 5.41) is 21.3. The summed E-state index contributed by atoms with van der Waals surface area (Å²) in [6.07, 6.45) is 0. The van der Waals surface area contributed by atoms with Gasteiger partial charge in [-0.3, -0.25) is 0 Å². The van der Waals surface area contributed by atoms with Gasteiger partial charge in [0.15, 0.2) is 0 Å². The van der Waals surface area contributed by atoms with Gasteiger partial charge in [-0.25, -0.2) is 0 Å². The maximum Gasteiger partial charge on any atom is 0.0549 e. The van der Waals surface area contributed by atoms with E-state index < -0.39 is 0 Å². The molecule has 0 aliphatic carbocycles. The van der Waals surface area contributed by atoms with Gasteiger partial charge in [-0.05, 0) is 172 Å². The Morgan fingerprint density at radius 2 is 0.510 bits per heavy atom. The Labute approximate surface area is 617 Å². The van der Waals surface area contributed by atoms with Crippen molar-refractivity contribution < 1.29 is 31.1 Å². The van der Waals surface area contributed by atoms with Crippen LogP contribution in [-0.4, -0.2) is 38.8 Å². The standard InChI is InChI=1S/C42H26N2.C18H11BrN2.C18H10N2.C12H9Br.BH.U/c1-3-9-27(10-4-1)29-17-21-31(22-18-29)43-35-15-7-13-33-34-14-8-16-36-40(34)42-38(26-25-37(43)41(42)39(33)35)44(36)32-23-19-30(20-24-32)28-11-5-2-6-12-28;19-11-5-3-7-13-17(11)18-15(21-13)9-8-14-16(18)10-4-1-2-6-12(10)20-14;1-3-9-10-4-2-6-12-16(10)18-14(20-12)8-7-13-17(18)15(9)11(5-1)19-13;13-12-8-6-11(7-9-12)10-4-2-1-3-5-10;;/h1-26H;1-9,20-21H;1-8,19-20H;1-9H;1H;/i;;;;1D;. The van der Waals surface area contributed by atoms with Crippen molar-refractivity contribution in [1.29, 1.82) is 1.34 Å². The molecule has 468 valence electrons. The summed E-state index contributed by atoms with van der Waals surface area (Å²) in [6.45, 7) is 0. The summed E-state index contributed by atoms with van der Waals surface area (Å²) >= 11 is 7.12. The molecule has 0 saturated heterocycles. The van der Waals surface area contributed by atoms with Crippen LogP contribution in [0.15, 0.2) is 324 Å². The molecule has 0 unspecified atom stereocenters. The molecule has 2 radical (unpaired) electrons. The molecule has 0 atom stereocenters. The monoisotopic (exact) mass is 1630 g/mol. The Balaban J connectivity index is 0.000000107. The van der Waals surface area contributed by atoms with Gasteiger partial charge < -0.3 is 29.1 Å². The molecular formula is C90H57BBr2N6U. The van der Waals surface area contributed by atoms with E-state index in [2.05, 4.69) is 379 Å². The van der Waals surface area contributed by atoms with Gasteiger partial charge in [-0.2, -0.15) is 0 Å². The van der Waals surface area contributed by atoms with E-state index in [1.165, 1.54) is 192 Å². The summed E-state index contributed by atoms with van der Waals surface area (Å²) in [5.74, 6) is 0. The second-order valence-electron chi connectivity index (χ2n) is 25.6. The molecule has 17 aromatic carbocycles.